The number of non-ortho nitro benzene ring substituents is 1. The number of unbranched alkanes of at least 4 members (excludes halogenated alkanes) is 1. The van der Waals surface area contributed by atoms with E-state index in [0.717, 1.165) is 68.1 Å². The van der Waals surface area contributed by atoms with Crippen LogP contribution in [0.4, 0.5) is 5.69 Å². The van der Waals surface area contributed by atoms with Gasteiger partial charge in [0.15, 0.2) is 24.8 Å². The smallest absolute Gasteiger partial charge is 0.338 e. The van der Waals surface area contributed by atoms with E-state index in [9.17, 15) is 55.1 Å². The summed E-state index contributed by atoms with van der Waals surface area (Å²) in [6.45, 7) is 4.20. The van der Waals surface area contributed by atoms with Crippen molar-refractivity contribution in [1.82, 2.24) is 24.9 Å². The summed E-state index contributed by atoms with van der Waals surface area (Å²) in [5.74, 6) is -3.64. The van der Waals surface area contributed by atoms with E-state index < -0.39 is 115 Å². The number of ether oxygens (including phenoxy) is 6. The first-order valence-electron chi connectivity index (χ1n) is 26.6. The lowest BCUT2D eigenvalue weighted by Gasteiger charge is -2.48. The number of esters is 1. The summed E-state index contributed by atoms with van der Waals surface area (Å²) in [4.78, 5) is 51.6. The number of carbonyl (C=O) groups excluding carboxylic acids is 2. The Hall–Kier alpha value is -5.47. The summed E-state index contributed by atoms with van der Waals surface area (Å²) >= 11 is 0. The number of carboxylic acid groups (broad SMARTS) is 1. The van der Waals surface area contributed by atoms with Gasteiger partial charge in [0.25, 0.3) is 5.69 Å². The van der Waals surface area contributed by atoms with Crippen molar-refractivity contribution in [3.63, 3.8) is 0 Å². The minimum absolute atomic E-state index is 0.0295. The van der Waals surface area contributed by atoms with Crippen LogP contribution in [0.25, 0.3) is 10.9 Å². The van der Waals surface area contributed by atoms with Crippen molar-refractivity contribution < 1.29 is 78.4 Å². The van der Waals surface area contributed by atoms with Crippen LogP contribution in [0.5, 0.6) is 0 Å². The van der Waals surface area contributed by atoms with Gasteiger partial charge >= 0.3 is 11.9 Å². The topological polar surface area (TPSA) is 319 Å². The van der Waals surface area contributed by atoms with Gasteiger partial charge in [-0.1, -0.05) is 62.4 Å². The second-order valence-electron chi connectivity index (χ2n) is 20.8. The fourth-order valence-electron chi connectivity index (χ4n) is 11.0. The summed E-state index contributed by atoms with van der Waals surface area (Å²) in [5.41, 5.74) is 1.85. The molecule has 4 heterocycles. The fraction of sp³-hybridized carbons (Fsp3) is 0.642. The first kappa shape index (κ1) is 56.7. The zero-order chi connectivity index (χ0) is 54.0. The van der Waals surface area contributed by atoms with Crippen LogP contribution in [0, 0.1) is 27.9 Å². The van der Waals surface area contributed by atoms with Crippen LogP contribution in [0.1, 0.15) is 101 Å². The number of carbonyl (C=O) groups is 3. The molecule has 4 aromatic rings. The molecule has 0 radical (unpaired) electrons. The van der Waals surface area contributed by atoms with E-state index in [1.807, 2.05) is 18.5 Å². The summed E-state index contributed by atoms with van der Waals surface area (Å²) in [5, 5.41) is 88.6. The Labute approximate surface area is 439 Å². The number of amides is 1. The van der Waals surface area contributed by atoms with Gasteiger partial charge in [0, 0.05) is 61.0 Å². The zero-order valence-electron chi connectivity index (χ0n) is 42.8. The molecule has 2 saturated heterocycles. The number of nitrogens with zero attached hydrogens (tertiary/aromatic N) is 5. The standard InChI is InChI=1S/C53H72N6O17/c1-30-24-35(49(65)54-20-11-16-36-28-58(56-55-36)22-10-9-21-57-23-19-34-26-37(59(69)70)17-18-38(34)57)27-39(46(30)76-52-45(64)44(63)42(61)31(2)71-52)73-53-48(75-51(68)33-14-7-4-8-15-33)47(43(62)41(29-60)74-53)72-40(50(66)67)25-32-12-5-3-6-13-32/h4,7-8,14-15,17-19,23,26,28,30-32,35,39-48,52-53,60-64H,3,5-6,9-13,16,20-22,24-25,27,29H2,1-2H3,(H,54,65)(H,66,67)/t30?,31?,35?,39-,40+,41?,42-,43+,44?,45?,46?,47?,48?,52+,53-/m1/s1. The Morgan fingerprint density at radius 3 is 2.37 bits per heavy atom. The maximum atomic E-state index is 14.1. The second kappa shape index (κ2) is 26.3. The normalized spacial score (nSPS) is 30.7. The number of rotatable bonds is 23. The molecule has 2 aromatic heterocycles. The van der Waals surface area contributed by atoms with Crippen LogP contribution in [0.15, 0.2) is 67.0 Å². The monoisotopic (exact) mass is 1060 g/mol. The van der Waals surface area contributed by atoms with Crippen molar-refractivity contribution in [2.24, 2.45) is 17.8 Å². The third-order valence-corrected chi connectivity index (χ3v) is 15.3. The van der Waals surface area contributed by atoms with Crippen LogP contribution < -0.4 is 5.32 Å². The molecule has 2 aliphatic carbocycles. The van der Waals surface area contributed by atoms with Crippen molar-refractivity contribution in [1.29, 1.82) is 0 Å². The Morgan fingerprint density at radius 2 is 1.63 bits per heavy atom. The van der Waals surface area contributed by atoms with Crippen molar-refractivity contribution in [2.45, 2.75) is 184 Å². The third-order valence-electron chi connectivity index (χ3n) is 15.3. The molecule has 4 fully saturated rings. The highest BCUT2D eigenvalue weighted by Gasteiger charge is 2.54. The molecular formula is C53H72N6O17. The van der Waals surface area contributed by atoms with E-state index in [4.69, 9.17) is 28.4 Å². The Balaban J connectivity index is 0.942. The zero-order valence-corrected chi connectivity index (χ0v) is 42.8. The molecule has 15 atom stereocenters. The molecule has 76 heavy (non-hydrogen) atoms. The number of aliphatic carboxylic acids is 1. The van der Waals surface area contributed by atoms with Crippen LogP contribution in [0.3, 0.4) is 0 Å². The van der Waals surface area contributed by atoms with E-state index in [-0.39, 0.29) is 42.3 Å². The molecule has 1 amide bonds. The molecule has 8 rings (SSSR count). The number of aliphatic hydroxyl groups is 5. The number of carboxylic acids is 1. The lowest BCUT2D eigenvalue weighted by Crippen LogP contribution is -2.64. The van der Waals surface area contributed by atoms with Gasteiger partial charge in [0.05, 0.1) is 41.1 Å². The molecule has 0 spiro atoms. The van der Waals surface area contributed by atoms with Gasteiger partial charge in [0.1, 0.15) is 36.6 Å². The first-order chi connectivity index (χ1) is 36.6. The molecule has 23 heteroatoms. The van der Waals surface area contributed by atoms with Gasteiger partial charge in [-0.05, 0) is 88.0 Å². The minimum atomic E-state index is -1.70. The summed E-state index contributed by atoms with van der Waals surface area (Å²) in [7, 11) is 0. The molecule has 7 N–H and O–H groups in total. The fourth-order valence-corrected chi connectivity index (χ4v) is 11.0. The molecule has 0 bridgehead atoms. The van der Waals surface area contributed by atoms with Crippen LogP contribution in [-0.2, 0) is 57.5 Å². The number of aliphatic hydroxyl groups excluding tert-OH is 5. The average molecular weight is 1070 g/mol. The lowest BCUT2D eigenvalue weighted by atomic mass is 9.77. The quantitative estimate of drug-likeness (QED) is 0.0242. The predicted molar refractivity (Wildman–Crippen MR) is 268 cm³/mol. The maximum Gasteiger partial charge on any atom is 0.338 e. The van der Waals surface area contributed by atoms with Gasteiger partial charge in [-0.25, -0.2) is 9.59 Å². The van der Waals surface area contributed by atoms with Crippen LogP contribution in [0.2, 0.25) is 0 Å². The average Bonchev–Trinajstić information content (AvgIpc) is 4.07. The van der Waals surface area contributed by atoms with Crippen molar-refractivity contribution in [3.8, 4) is 0 Å². The highest BCUT2D eigenvalue weighted by Crippen LogP contribution is 2.39. The number of hydrogen-bond donors (Lipinski definition) is 7. The highest BCUT2D eigenvalue weighted by atomic mass is 16.7. The first-order valence-corrected chi connectivity index (χ1v) is 26.6. The Kier molecular flexibility index (Phi) is 19.6. The summed E-state index contributed by atoms with van der Waals surface area (Å²) < 4.78 is 41.3. The lowest BCUT2D eigenvalue weighted by molar-refractivity contribution is -0.384. The Bertz CT molecular complexity index is 2540. The molecule has 9 unspecified atom stereocenters. The number of aromatic nitrogens is 4. The third kappa shape index (κ3) is 14.0. The largest absolute Gasteiger partial charge is 0.479 e. The SMILES string of the molecule is CC1CC(C(=O)NCCCc2cn(CCCCn3ccc4cc([N+](=O)[O-])ccc43)nn2)C[C@@H](O[C@@H]2OC(CO)[C@H](O)C(O[C@@H](CC3CCCCC3)C(=O)O)C2OC(=O)c2ccccc2)C1O[C@@H]1OC(C)[C@@H](O)C(O)C1O. The van der Waals surface area contributed by atoms with Crippen molar-refractivity contribution in [3.05, 3.63) is 88.4 Å². The molecule has 416 valence electrons. The number of nitro benzene ring substituents is 1. The van der Waals surface area contributed by atoms with E-state index in [0.29, 0.717) is 25.9 Å². The Morgan fingerprint density at radius 1 is 0.868 bits per heavy atom. The number of nitro groups is 1. The minimum Gasteiger partial charge on any atom is -0.479 e. The van der Waals surface area contributed by atoms with E-state index in [2.05, 4.69) is 20.2 Å². The van der Waals surface area contributed by atoms with E-state index in [1.165, 1.54) is 25.1 Å². The van der Waals surface area contributed by atoms with Crippen molar-refractivity contribution >= 4 is 34.4 Å². The summed E-state index contributed by atoms with van der Waals surface area (Å²) in [6.07, 6.45) is -7.37. The van der Waals surface area contributed by atoms with Gasteiger partial charge in [-0.15, -0.1) is 5.10 Å². The van der Waals surface area contributed by atoms with E-state index in [1.54, 1.807) is 41.9 Å². The maximum absolute atomic E-state index is 14.1. The molecule has 2 aliphatic heterocycles. The van der Waals surface area contributed by atoms with Gasteiger partial charge in [-0.2, -0.15) is 0 Å². The molecule has 4 aliphatic rings. The second-order valence-corrected chi connectivity index (χ2v) is 20.8. The van der Waals surface area contributed by atoms with Crippen LogP contribution >= 0.6 is 0 Å². The van der Waals surface area contributed by atoms with Gasteiger partial charge in [-0.3, -0.25) is 19.6 Å². The molecular weight excluding hydrogens is 993 g/mol. The summed E-state index contributed by atoms with van der Waals surface area (Å²) in [6, 6.07) is 14.7. The number of aryl methyl sites for hydroxylation is 3. The number of benzene rings is 2. The highest BCUT2D eigenvalue weighted by molar-refractivity contribution is 5.89. The molecule has 2 aromatic carbocycles. The number of nitrogens with one attached hydrogen (secondary N) is 1. The number of hydrogen-bond acceptors (Lipinski definition) is 18. The predicted octanol–water partition coefficient (Wildman–Crippen LogP) is 3.43. The number of fused-ring (bicyclic) bond motifs is 1. The van der Waals surface area contributed by atoms with E-state index >= 15 is 0 Å². The van der Waals surface area contributed by atoms with Crippen molar-refractivity contribution in [2.75, 3.05) is 13.2 Å². The van der Waals surface area contributed by atoms with Gasteiger partial charge < -0.3 is 68.9 Å². The van der Waals surface area contributed by atoms with Crippen LogP contribution in [-0.4, -0.2) is 166 Å². The molecule has 2 saturated carbocycles. The molecule has 23 nitrogen and oxygen atoms in total. The van der Waals surface area contributed by atoms with Gasteiger partial charge in [0.2, 0.25) is 5.91 Å².